The molecular formula is C21H38N4O4. The van der Waals surface area contributed by atoms with Crippen molar-refractivity contribution in [2.45, 2.75) is 78.0 Å². The predicted octanol–water partition coefficient (Wildman–Crippen LogP) is 0.798. The van der Waals surface area contributed by atoms with Crippen LogP contribution < -0.4 is 10.6 Å². The molecule has 8 nitrogen and oxygen atoms in total. The first-order valence-electron chi connectivity index (χ1n) is 10.6. The molecule has 0 aromatic rings. The van der Waals surface area contributed by atoms with Gasteiger partial charge in [-0.3, -0.25) is 14.4 Å². The van der Waals surface area contributed by atoms with E-state index in [0.29, 0.717) is 31.7 Å². The molecular weight excluding hydrogens is 372 g/mol. The molecule has 1 heterocycles. The Balaban J connectivity index is 2.90. The molecule has 0 aliphatic carbocycles. The van der Waals surface area contributed by atoms with Gasteiger partial charge < -0.3 is 25.2 Å². The Kier molecular flexibility index (Phi) is 9.76. The number of carbonyl (C=O) groups is 4. The Morgan fingerprint density at radius 3 is 2.24 bits per heavy atom. The summed E-state index contributed by atoms with van der Waals surface area (Å²) in [5.74, 6) is -0.503. The highest BCUT2D eigenvalue weighted by Gasteiger charge is 2.39. The van der Waals surface area contributed by atoms with Crippen LogP contribution in [-0.4, -0.2) is 78.6 Å². The van der Waals surface area contributed by atoms with E-state index in [2.05, 4.69) is 10.6 Å². The number of amides is 3. The van der Waals surface area contributed by atoms with E-state index in [1.54, 1.807) is 21.0 Å². The average Bonchev–Trinajstić information content (AvgIpc) is 2.66. The van der Waals surface area contributed by atoms with Gasteiger partial charge in [-0.1, -0.05) is 34.1 Å². The van der Waals surface area contributed by atoms with Crippen molar-refractivity contribution in [3.8, 4) is 0 Å². The van der Waals surface area contributed by atoms with Crippen LogP contribution in [-0.2, 0) is 19.2 Å². The molecule has 2 N–H and O–H groups in total. The van der Waals surface area contributed by atoms with Crippen molar-refractivity contribution in [2.75, 3.05) is 20.6 Å². The van der Waals surface area contributed by atoms with Gasteiger partial charge in [0, 0.05) is 13.6 Å². The SMILES string of the molecule is CC[C@H](C)[C@H](NC(=O)[C@H](CC(C)C)NC)C(=O)N(C)[C@@H](C)C(=O)N1CC[C@H]1C=O. The fraction of sp³-hybridized carbons (Fsp3) is 0.810. The zero-order valence-corrected chi connectivity index (χ0v) is 18.9. The summed E-state index contributed by atoms with van der Waals surface area (Å²) in [4.78, 5) is 52.5. The molecule has 0 unspecified atom stereocenters. The number of nitrogens with zero attached hydrogens (tertiary/aromatic N) is 2. The Bertz CT molecular complexity index is 595. The summed E-state index contributed by atoms with van der Waals surface area (Å²) in [6, 6.07) is -2.20. The van der Waals surface area contributed by atoms with Crippen LogP contribution in [0.3, 0.4) is 0 Å². The molecule has 0 saturated carbocycles. The maximum atomic E-state index is 13.2. The van der Waals surface area contributed by atoms with E-state index in [9.17, 15) is 19.2 Å². The summed E-state index contributed by atoms with van der Waals surface area (Å²) in [6.07, 6.45) is 2.80. The Labute approximate surface area is 174 Å². The third-order valence-electron chi connectivity index (χ3n) is 5.94. The van der Waals surface area contributed by atoms with Crippen molar-refractivity contribution >= 4 is 24.0 Å². The first kappa shape index (κ1) is 25.1. The topological polar surface area (TPSA) is 98.8 Å². The van der Waals surface area contributed by atoms with Gasteiger partial charge in [0.15, 0.2) is 0 Å². The lowest BCUT2D eigenvalue weighted by atomic mass is 9.95. The van der Waals surface area contributed by atoms with E-state index in [1.807, 2.05) is 27.7 Å². The van der Waals surface area contributed by atoms with E-state index < -0.39 is 18.1 Å². The first-order valence-corrected chi connectivity index (χ1v) is 10.6. The fourth-order valence-corrected chi connectivity index (χ4v) is 3.40. The van der Waals surface area contributed by atoms with Crippen molar-refractivity contribution in [1.29, 1.82) is 0 Å². The Morgan fingerprint density at radius 1 is 1.21 bits per heavy atom. The monoisotopic (exact) mass is 410 g/mol. The molecule has 0 aromatic heterocycles. The van der Waals surface area contributed by atoms with Crippen molar-refractivity contribution in [1.82, 2.24) is 20.4 Å². The molecule has 0 bridgehead atoms. The van der Waals surface area contributed by atoms with Gasteiger partial charge in [-0.25, -0.2) is 0 Å². The standard InChI is InChI=1S/C21H38N4O4/c1-8-14(4)18(23-19(27)17(22-6)11-13(2)3)21(29)24(7)15(5)20(28)25-10-9-16(25)12-26/h12-18,22H,8-11H2,1-7H3,(H,23,27)/t14-,15-,16-,17-,18-/m0/s1. The van der Waals surface area contributed by atoms with Crippen molar-refractivity contribution in [2.24, 2.45) is 11.8 Å². The molecule has 0 aromatic carbocycles. The average molecular weight is 411 g/mol. The lowest BCUT2D eigenvalue weighted by molar-refractivity contribution is -0.152. The van der Waals surface area contributed by atoms with Gasteiger partial charge in [0.05, 0.1) is 12.1 Å². The van der Waals surface area contributed by atoms with Crippen LogP contribution >= 0.6 is 0 Å². The molecule has 0 radical (unpaired) electrons. The van der Waals surface area contributed by atoms with Gasteiger partial charge in [-0.2, -0.15) is 0 Å². The Hall–Kier alpha value is -1.96. The molecule has 3 amide bonds. The number of hydrogen-bond donors (Lipinski definition) is 2. The molecule has 5 atom stereocenters. The summed E-state index contributed by atoms with van der Waals surface area (Å²) >= 11 is 0. The van der Waals surface area contributed by atoms with E-state index in [-0.39, 0.29) is 29.7 Å². The maximum absolute atomic E-state index is 13.2. The number of likely N-dealkylation sites (N-methyl/N-ethyl adjacent to an activating group) is 2. The summed E-state index contributed by atoms with van der Waals surface area (Å²) in [5.41, 5.74) is 0. The van der Waals surface area contributed by atoms with Crippen LogP contribution in [0.1, 0.15) is 53.9 Å². The van der Waals surface area contributed by atoms with Gasteiger partial charge in [0.1, 0.15) is 18.4 Å². The zero-order chi connectivity index (χ0) is 22.3. The van der Waals surface area contributed by atoms with Crippen LogP contribution in [0.5, 0.6) is 0 Å². The van der Waals surface area contributed by atoms with Crippen LogP contribution in [0, 0.1) is 11.8 Å². The Morgan fingerprint density at radius 2 is 1.83 bits per heavy atom. The smallest absolute Gasteiger partial charge is 0.245 e. The number of aldehydes is 1. The second-order valence-corrected chi connectivity index (χ2v) is 8.49. The molecule has 1 rings (SSSR count). The maximum Gasteiger partial charge on any atom is 0.245 e. The van der Waals surface area contributed by atoms with Crippen molar-refractivity contribution < 1.29 is 19.2 Å². The van der Waals surface area contributed by atoms with E-state index in [1.165, 1.54) is 9.80 Å². The number of rotatable bonds is 11. The van der Waals surface area contributed by atoms with E-state index >= 15 is 0 Å². The van der Waals surface area contributed by atoms with Gasteiger partial charge in [-0.05, 0) is 38.6 Å². The van der Waals surface area contributed by atoms with Crippen LogP contribution in [0.2, 0.25) is 0 Å². The molecule has 1 aliphatic rings. The highest BCUT2D eigenvalue weighted by Crippen LogP contribution is 2.19. The number of hydrogen-bond acceptors (Lipinski definition) is 5. The second-order valence-electron chi connectivity index (χ2n) is 8.49. The highest BCUT2D eigenvalue weighted by atomic mass is 16.2. The molecule has 0 spiro atoms. The van der Waals surface area contributed by atoms with Gasteiger partial charge in [0.2, 0.25) is 17.7 Å². The summed E-state index contributed by atoms with van der Waals surface area (Å²) < 4.78 is 0. The lowest BCUT2D eigenvalue weighted by Gasteiger charge is -2.41. The largest absolute Gasteiger partial charge is 0.343 e. The molecule has 8 heteroatoms. The third kappa shape index (κ3) is 6.26. The minimum absolute atomic E-state index is 0.0838. The van der Waals surface area contributed by atoms with E-state index in [4.69, 9.17) is 0 Å². The van der Waals surface area contributed by atoms with Crippen molar-refractivity contribution in [3.05, 3.63) is 0 Å². The van der Waals surface area contributed by atoms with Gasteiger partial charge in [0.25, 0.3) is 0 Å². The zero-order valence-electron chi connectivity index (χ0n) is 18.9. The quantitative estimate of drug-likeness (QED) is 0.491. The van der Waals surface area contributed by atoms with Crippen LogP contribution in [0.25, 0.3) is 0 Å². The van der Waals surface area contributed by atoms with E-state index in [0.717, 1.165) is 6.29 Å². The third-order valence-corrected chi connectivity index (χ3v) is 5.94. The van der Waals surface area contributed by atoms with Gasteiger partial charge in [-0.15, -0.1) is 0 Å². The second kappa shape index (κ2) is 11.3. The lowest BCUT2D eigenvalue weighted by Crippen LogP contribution is -2.61. The summed E-state index contributed by atoms with van der Waals surface area (Å²) in [7, 11) is 3.31. The van der Waals surface area contributed by atoms with Crippen molar-refractivity contribution in [3.63, 3.8) is 0 Å². The minimum Gasteiger partial charge on any atom is -0.343 e. The summed E-state index contributed by atoms with van der Waals surface area (Å²) in [6.45, 7) is 10.1. The molecule has 166 valence electrons. The summed E-state index contributed by atoms with van der Waals surface area (Å²) in [5, 5.41) is 5.92. The fourth-order valence-electron chi connectivity index (χ4n) is 3.40. The van der Waals surface area contributed by atoms with Crippen LogP contribution in [0.4, 0.5) is 0 Å². The normalized spacial score (nSPS) is 20.3. The van der Waals surface area contributed by atoms with Gasteiger partial charge >= 0.3 is 0 Å². The first-order chi connectivity index (χ1) is 13.6. The molecule has 1 fully saturated rings. The molecule has 1 aliphatic heterocycles. The number of likely N-dealkylation sites (tertiary alicyclic amines) is 1. The highest BCUT2D eigenvalue weighted by molar-refractivity contribution is 5.93. The molecule has 1 saturated heterocycles. The number of carbonyl (C=O) groups excluding carboxylic acids is 4. The minimum atomic E-state index is -0.714. The van der Waals surface area contributed by atoms with Crippen LogP contribution in [0.15, 0.2) is 0 Å². The molecule has 29 heavy (non-hydrogen) atoms. The number of nitrogens with one attached hydrogen (secondary N) is 2. The predicted molar refractivity (Wildman–Crippen MR) is 112 cm³/mol.